The molecule has 3 heterocycles. The number of anilines is 1. The number of benzene rings is 3. The molecule has 9 heteroatoms. The fourth-order valence-electron chi connectivity index (χ4n) is 6.63. The van der Waals surface area contributed by atoms with Crippen molar-refractivity contribution in [3.05, 3.63) is 94.3 Å². The minimum atomic E-state index is -3.63. The summed E-state index contributed by atoms with van der Waals surface area (Å²) in [6.45, 7) is 4.03. The molecule has 3 saturated heterocycles. The molecule has 0 N–H and O–H groups in total. The SMILES string of the molecule is Cc1ccc(S(=O)(=O)N2CCC(c3ccccc3)CC2)cc1N1[C@@H]2CC[C@H]1CN(C(=O)c1ccc(F)cc1Cl)C2. The Morgan fingerprint density at radius 1 is 0.900 bits per heavy atom. The van der Waals surface area contributed by atoms with Gasteiger partial charge in [0.25, 0.3) is 5.91 Å². The maximum Gasteiger partial charge on any atom is 0.255 e. The third kappa shape index (κ3) is 5.01. The molecule has 3 aromatic carbocycles. The monoisotopic (exact) mass is 581 g/mol. The number of aryl methyl sites for hydroxylation is 1. The predicted octanol–water partition coefficient (Wildman–Crippen LogP) is 5.85. The van der Waals surface area contributed by atoms with Gasteiger partial charge in [-0.15, -0.1) is 0 Å². The Morgan fingerprint density at radius 3 is 2.23 bits per heavy atom. The van der Waals surface area contributed by atoms with Crippen LogP contribution < -0.4 is 4.90 Å². The Bertz CT molecular complexity index is 1510. The van der Waals surface area contributed by atoms with Crippen LogP contribution in [0.5, 0.6) is 0 Å². The highest BCUT2D eigenvalue weighted by molar-refractivity contribution is 7.89. The van der Waals surface area contributed by atoms with Gasteiger partial charge in [-0.3, -0.25) is 4.79 Å². The van der Waals surface area contributed by atoms with E-state index in [2.05, 4.69) is 17.0 Å². The van der Waals surface area contributed by atoms with Gasteiger partial charge >= 0.3 is 0 Å². The zero-order valence-corrected chi connectivity index (χ0v) is 24.0. The number of likely N-dealkylation sites (tertiary alicyclic amines) is 1. The predicted molar refractivity (Wildman–Crippen MR) is 155 cm³/mol. The number of sulfonamides is 1. The molecule has 210 valence electrons. The van der Waals surface area contributed by atoms with Crippen molar-refractivity contribution in [2.75, 3.05) is 31.1 Å². The van der Waals surface area contributed by atoms with E-state index in [0.717, 1.165) is 36.9 Å². The summed E-state index contributed by atoms with van der Waals surface area (Å²) in [5.74, 6) is -0.300. The van der Waals surface area contributed by atoms with Crippen LogP contribution in [0.1, 0.15) is 53.1 Å². The molecule has 6 rings (SSSR count). The quantitative estimate of drug-likeness (QED) is 0.379. The van der Waals surface area contributed by atoms with Gasteiger partial charge in [0.15, 0.2) is 0 Å². The second-order valence-corrected chi connectivity index (χ2v) is 13.5. The van der Waals surface area contributed by atoms with E-state index >= 15 is 0 Å². The first-order chi connectivity index (χ1) is 19.2. The lowest BCUT2D eigenvalue weighted by molar-refractivity contribution is 0.0718. The molecule has 0 saturated carbocycles. The van der Waals surface area contributed by atoms with E-state index in [4.69, 9.17) is 11.6 Å². The van der Waals surface area contributed by atoms with Gasteiger partial charge in [-0.25, -0.2) is 12.8 Å². The Hall–Kier alpha value is -2.94. The highest BCUT2D eigenvalue weighted by Gasteiger charge is 2.43. The highest BCUT2D eigenvalue weighted by atomic mass is 35.5. The van der Waals surface area contributed by atoms with Crippen molar-refractivity contribution in [2.45, 2.75) is 55.5 Å². The molecule has 6 nitrogen and oxygen atoms in total. The van der Waals surface area contributed by atoms with Crippen molar-refractivity contribution in [1.29, 1.82) is 0 Å². The van der Waals surface area contributed by atoms with Crippen molar-refractivity contribution in [2.24, 2.45) is 0 Å². The molecule has 2 atom stereocenters. The highest BCUT2D eigenvalue weighted by Crippen LogP contribution is 2.39. The van der Waals surface area contributed by atoms with Gasteiger partial charge in [0.1, 0.15) is 5.82 Å². The first-order valence-electron chi connectivity index (χ1n) is 13.9. The van der Waals surface area contributed by atoms with Crippen molar-refractivity contribution in [3.63, 3.8) is 0 Å². The number of carbonyl (C=O) groups excluding carboxylic acids is 1. The molecular weight excluding hydrogens is 549 g/mol. The smallest absolute Gasteiger partial charge is 0.255 e. The summed E-state index contributed by atoms with van der Waals surface area (Å²) < 4.78 is 42.6. The van der Waals surface area contributed by atoms with Crippen molar-refractivity contribution in [3.8, 4) is 0 Å². The van der Waals surface area contributed by atoms with Gasteiger partial charge in [0, 0.05) is 44.0 Å². The fraction of sp³-hybridized carbons (Fsp3) is 0.387. The molecule has 0 spiro atoms. The number of piperidine rings is 1. The lowest BCUT2D eigenvalue weighted by atomic mass is 9.90. The molecule has 3 fully saturated rings. The third-order valence-electron chi connectivity index (χ3n) is 8.75. The van der Waals surface area contributed by atoms with Gasteiger partial charge in [-0.2, -0.15) is 4.31 Å². The molecule has 0 radical (unpaired) electrons. The number of halogens is 2. The summed E-state index contributed by atoms with van der Waals surface area (Å²) in [6, 6.07) is 19.8. The maximum absolute atomic E-state index is 13.7. The maximum atomic E-state index is 13.7. The average molecular weight is 582 g/mol. The van der Waals surface area contributed by atoms with E-state index in [1.54, 1.807) is 15.3 Å². The second-order valence-electron chi connectivity index (χ2n) is 11.2. The largest absolute Gasteiger partial charge is 0.362 e. The first kappa shape index (κ1) is 27.2. The number of hydrogen-bond donors (Lipinski definition) is 0. The van der Waals surface area contributed by atoms with Gasteiger partial charge in [-0.05, 0) is 80.0 Å². The Kier molecular flexibility index (Phi) is 7.36. The lowest BCUT2D eigenvalue weighted by Gasteiger charge is -2.43. The number of hydrogen-bond acceptors (Lipinski definition) is 4. The van der Waals surface area contributed by atoms with E-state index in [1.165, 1.54) is 23.8 Å². The molecule has 0 aromatic heterocycles. The van der Waals surface area contributed by atoms with Crippen LogP contribution in [-0.2, 0) is 10.0 Å². The third-order valence-corrected chi connectivity index (χ3v) is 11.0. The van der Waals surface area contributed by atoms with E-state index < -0.39 is 15.8 Å². The van der Waals surface area contributed by atoms with Crippen LogP contribution in [0.4, 0.5) is 10.1 Å². The van der Waals surface area contributed by atoms with Crippen LogP contribution in [0.2, 0.25) is 5.02 Å². The van der Waals surface area contributed by atoms with Crippen LogP contribution in [0.3, 0.4) is 0 Å². The molecule has 3 aromatic rings. The normalized spacial score (nSPS) is 22.1. The number of rotatable bonds is 5. The molecule has 1 amide bonds. The molecule has 3 aliphatic heterocycles. The Balaban J connectivity index is 1.19. The van der Waals surface area contributed by atoms with Gasteiger partial charge in [0.2, 0.25) is 10.0 Å². The molecule has 0 unspecified atom stereocenters. The number of nitrogens with zero attached hydrogens (tertiary/aromatic N) is 3. The topological polar surface area (TPSA) is 60.9 Å². The van der Waals surface area contributed by atoms with E-state index in [0.29, 0.717) is 42.6 Å². The van der Waals surface area contributed by atoms with Crippen molar-refractivity contribution >= 4 is 33.2 Å². The van der Waals surface area contributed by atoms with Crippen LogP contribution >= 0.6 is 11.6 Å². The van der Waals surface area contributed by atoms with Gasteiger partial charge in [0.05, 0.1) is 15.5 Å². The van der Waals surface area contributed by atoms with E-state index in [-0.39, 0.29) is 23.0 Å². The second kappa shape index (κ2) is 10.8. The first-order valence-corrected chi connectivity index (χ1v) is 15.7. The minimum Gasteiger partial charge on any atom is -0.362 e. The van der Waals surface area contributed by atoms with Crippen molar-refractivity contribution < 1.29 is 17.6 Å². The molecular formula is C31H33ClFN3O3S. The summed E-state index contributed by atoms with van der Waals surface area (Å²) in [5.41, 5.74) is 3.50. The lowest BCUT2D eigenvalue weighted by Crippen LogP contribution is -2.55. The molecule has 3 aliphatic rings. The number of amides is 1. The van der Waals surface area contributed by atoms with Crippen LogP contribution in [0.25, 0.3) is 0 Å². The summed E-state index contributed by atoms with van der Waals surface area (Å²) in [6.07, 6.45) is 3.43. The Morgan fingerprint density at radius 2 is 1.57 bits per heavy atom. The summed E-state index contributed by atoms with van der Waals surface area (Å²) >= 11 is 6.18. The van der Waals surface area contributed by atoms with E-state index in [9.17, 15) is 17.6 Å². The summed E-state index contributed by atoms with van der Waals surface area (Å²) in [7, 11) is -3.63. The number of fused-ring (bicyclic) bond motifs is 2. The molecule has 0 aliphatic carbocycles. The van der Waals surface area contributed by atoms with Gasteiger partial charge < -0.3 is 9.80 Å². The summed E-state index contributed by atoms with van der Waals surface area (Å²) in [5, 5.41) is 0.112. The Labute approximate surface area is 240 Å². The van der Waals surface area contributed by atoms with Crippen LogP contribution in [-0.4, -0.2) is 61.8 Å². The average Bonchev–Trinajstić information content (AvgIpc) is 3.21. The zero-order valence-electron chi connectivity index (χ0n) is 22.5. The fourth-order valence-corrected chi connectivity index (χ4v) is 8.37. The zero-order chi connectivity index (χ0) is 28.0. The van der Waals surface area contributed by atoms with Crippen molar-refractivity contribution in [1.82, 2.24) is 9.21 Å². The standard InChI is InChI=1S/C31H33ClFN3O3S/c1-21-7-11-27(40(38,39)35-15-13-23(14-16-35)22-5-3-2-4-6-22)18-30(21)36-25-9-10-26(36)20-34(19-25)31(37)28-12-8-24(33)17-29(28)32/h2-8,11-12,17-18,23,25-26H,9-10,13-16,19-20H2,1H3/t25-,26+. The minimum absolute atomic E-state index is 0.0696. The molecule has 40 heavy (non-hydrogen) atoms. The van der Waals surface area contributed by atoms with Crippen LogP contribution in [0, 0.1) is 12.7 Å². The number of piperazine rings is 1. The van der Waals surface area contributed by atoms with Gasteiger partial charge in [-0.1, -0.05) is 48.0 Å². The number of carbonyl (C=O) groups is 1. The van der Waals surface area contributed by atoms with E-state index in [1.807, 2.05) is 37.3 Å². The summed E-state index contributed by atoms with van der Waals surface area (Å²) in [4.78, 5) is 17.7. The molecule has 2 bridgehead atoms. The van der Waals surface area contributed by atoms with Crippen LogP contribution in [0.15, 0.2) is 71.6 Å².